The molecule has 26 heavy (non-hydrogen) atoms. The van der Waals surface area contributed by atoms with Gasteiger partial charge in [0.25, 0.3) is 5.91 Å². The number of H-pyrrole nitrogens is 1. The molecule has 0 saturated carbocycles. The Labute approximate surface area is 155 Å². The first-order chi connectivity index (χ1) is 12.8. The molecule has 130 valence electrons. The normalized spacial score (nSPS) is 10.9. The molecule has 2 N–H and O–H groups in total. The van der Waals surface area contributed by atoms with Gasteiger partial charge in [-0.1, -0.05) is 48.5 Å². The van der Waals surface area contributed by atoms with Crippen molar-refractivity contribution in [1.82, 2.24) is 10.3 Å². The van der Waals surface area contributed by atoms with E-state index in [1.54, 1.807) is 23.9 Å². The van der Waals surface area contributed by atoms with E-state index < -0.39 is 0 Å². The predicted molar refractivity (Wildman–Crippen MR) is 105 cm³/mol. The Morgan fingerprint density at radius 1 is 1.00 bits per heavy atom. The fourth-order valence-corrected chi connectivity index (χ4v) is 3.94. The monoisotopic (exact) mass is 362 g/mol. The number of amides is 1. The lowest BCUT2D eigenvalue weighted by atomic mass is 10.1. The van der Waals surface area contributed by atoms with Gasteiger partial charge in [0.15, 0.2) is 5.76 Å². The number of hydrogen-bond donors (Lipinski definition) is 2. The first-order valence-electron chi connectivity index (χ1n) is 8.43. The van der Waals surface area contributed by atoms with Gasteiger partial charge in [0.05, 0.1) is 12.0 Å². The van der Waals surface area contributed by atoms with Crippen LogP contribution in [0.3, 0.4) is 0 Å². The molecule has 1 amide bonds. The van der Waals surface area contributed by atoms with Gasteiger partial charge >= 0.3 is 0 Å². The van der Waals surface area contributed by atoms with Crippen molar-refractivity contribution >= 4 is 28.6 Å². The van der Waals surface area contributed by atoms with Crippen molar-refractivity contribution in [3.8, 4) is 11.3 Å². The summed E-state index contributed by atoms with van der Waals surface area (Å²) in [5.74, 6) is 0.929. The zero-order valence-corrected chi connectivity index (χ0v) is 14.9. The van der Waals surface area contributed by atoms with Gasteiger partial charge in [-0.3, -0.25) is 4.79 Å². The van der Waals surface area contributed by atoms with Crippen molar-refractivity contribution in [2.75, 3.05) is 12.3 Å². The molecule has 4 nitrogen and oxygen atoms in total. The molecule has 0 bridgehead atoms. The molecule has 2 heterocycles. The number of nitrogens with one attached hydrogen (secondary N) is 2. The summed E-state index contributed by atoms with van der Waals surface area (Å²) in [5, 5.41) is 4.09. The molecule has 0 unspecified atom stereocenters. The molecule has 0 radical (unpaired) electrons. The molecule has 0 saturated heterocycles. The highest BCUT2D eigenvalue weighted by atomic mass is 32.2. The number of thioether (sulfide) groups is 1. The minimum absolute atomic E-state index is 0.183. The predicted octanol–water partition coefficient (Wildman–Crippen LogP) is 4.95. The van der Waals surface area contributed by atoms with Crippen LogP contribution < -0.4 is 5.32 Å². The van der Waals surface area contributed by atoms with Crippen LogP contribution in [0, 0.1) is 0 Å². The summed E-state index contributed by atoms with van der Waals surface area (Å²) in [6.45, 7) is 0.567. The molecule has 0 aliphatic carbocycles. The lowest BCUT2D eigenvalue weighted by Crippen LogP contribution is -2.25. The van der Waals surface area contributed by atoms with Crippen LogP contribution in [0.25, 0.3) is 22.2 Å². The lowest BCUT2D eigenvalue weighted by molar-refractivity contribution is 0.0928. The fourth-order valence-electron chi connectivity index (χ4n) is 2.89. The molecule has 0 spiro atoms. The van der Waals surface area contributed by atoms with Crippen LogP contribution in [0.1, 0.15) is 10.6 Å². The zero-order valence-electron chi connectivity index (χ0n) is 14.1. The smallest absolute Gasteiger partial charge is 0.287 e. The van der Waals surface area contributed by atoms with Gasteiger partial charge in [-0.15, -0.1) is 11.8 Å². The maximum Gasteiger partial charge on any atom is 0.287 e. The van der Waals surface area contributed by atoms with Gasteiger partial charge in [0.1, 0.15) is 0 Å². The second-order valence-electron chi connectivity index (χ2n) is 5.82. The molecule has 0 aliphatic rings. The van der Waals surface area contributed by atoms with Crippen molar-refractivity contribution < 1.29 is 9.21 Å². The average molecular weight is 362 g/mol. The van der Waals surface area contributed by atoms with Crippen LogP contribution in [0.4, 0.5) is 0 Å². The van der Waals surface area contributed by atoms with Gasteiger partial charge in [0, 0.05) is 28.1 Å². The number of carbonyl (C=O) groups is 1. The number of hydrogen-bond acceptors (Lipinski definition) is 3. The van der Waals surface area contributed by atoms with E-state index in [-0.39, 0.29) is 5.91 Å². The van der Waals surface area contributed by atoms with E-state index in [4.69, 9.17) is 4.42 Å². The van der Waals surface area contributed by atoms with Crippen molar-refractivity contribution in [3.63, 3.8) is 0 Å². The molecule has 5 heteroatoms. The molecular weight excluding hydrogens is 344 g/mol. The number of para-hydroxylation sites is 1. The molecule has 0 atom stereocenters. The Kier molecular flexibility index (Phi) is 4.80. The summed E-state index contributed by atoms with van der Waals surface area (Å²) in [4.78, 5) is 16.7. The van der Waals surface area contributed by atoms with Gasteiger partial charge in [-0.05, 0) is 23.8 Å². The summed E-state index contributed by atoms with van der Waals surface area (Å²) >= 11 is 1.74. The summed E-state index contributed by atoms with van der Waals surface area (Å²) in [6, 6.07) is 22.0. The quantitative estimate of drug-likeness (QED) is 0.377. The second-order valence-corrected chi connectivity index (χ2v) is 6.93. The summed E-state index contributed by atoms with van der Waals surface area (Å²) in [7, 11) is 0. The maximum absolute atomic E-state index is 11.9. The van der Waals surface area contributed by atoms with Crippen LogP contribution >= 0.6 is 11.8 Å². The summed E-state index contributed by atoms with van der Waals surface area (Å²) in [6.07, 6.45) is 1.50. The van der Waals surface area contributed by atoms with E-state index in [1.165, 1.54) is 16.5 Å². The van der Waals surface area contributed by atoms with Crippen LogP contribution in [-0.4, -0.2) is 23.2 Å². The third-order valence-corrected chi connectivity index (χ3v) is 5.22. The number of benzene rings is 2. The highest BCUT2D eigenvalue weighted by Crippen LogP contribution is 2.37. The van der Waals surface area contributed by atoms with E-state index >= 15 is 0 Å². The second kappa shape index (κ2) is 7.54. The lowest BCUT2D eigenvalue weighted by Gasteiger charge is -2.06. The van der Waals surface area contributed by atoms with Crippen molar-refractivity contribution in [2.24, 2.45) is 0 Å². The number of fused-ring (bicyclic) bond motifs is 1. The van der Waals surface area contributed by atoms with Gasteiger partial charge < -0.3 is 14.7 Å². The van der Waals surface area contributed by atoms with Crippen molar-refractivity contribution in [1.29, 1.82) is 0 Å². The number of aromatic amines is 1. The highest BCUT2D eigenvalue weighted by molar-refractivity contribution is 7.99. The first-order valence-corrected chi connectivity index (χ1v) is 9.42. The Balaban J connectivity index is 1.51. The molecule has 4 aromatic rings. The Morgan fingerprint density at radius 2 is 1.81 bits per heavy atom. The van der Waals surface area contributed by atoms with Crippen molar-refractivity contribution in [3.05, 3.63) is 78.8 Å². The minimum Gasteiger partial charge on any atom is -0.459 e. The number of carbonyl (C=O) groups excluding carboxylic acids is 1. The molecule has 4 rings (SSSR count). The highest BCUT2D eigenvalue weighted by Gasteiger charge is 2.14. The van der Waals surface area contributed by atoms with Crippen LogP contribution in [-0.2, 0) is 0 Å². The average Bonchev–Trinajstić information content (AvgIpc) is 3.34. The number of rotatable bonds is 6. The summed E-state index contributed by atoms with van der Waals surface area (Å²) in [5.41, 5.74) is 3.40. The molecular formula is C21H18N2O2S. The van der Waals surface area contributed by atoms with Crippen LogP contribution in [0.15, 0.2) is 82.3 Å². The minimum atomic E-state index is -0.183. The van der Waals surface area contributed by atoms with E-state index in [9.17, 15) is 4.79 Å². The summed E-state index contributed by atoms with van der Waals surface area (Å²) < 4.78 is 5.11. The van der Waals surface area contributed by atoms with E-state index in [0.717, 1.165) is 22.5 Å². The first kappa shape index (κ1) is 16.5. The van der Waals surface area contributed by atoms with Gasteiger partial charge in [-0.2, -0.15) is 0 Å². The Morgan fingerprint density at radius 3 is 2.62 bits per heavy atom. The Hall–Kier alpha value is -2.92. The molecule has 0 fully saturated rings. The fraction of sp³-hybridized carbons (Fsp3) is 0.0952. The maximum atomic E-state index is 11.9. The van der Waals surface area contributed by atoms with E-state index in [0.29, 0.717) is 12.3 Å². The molecule has 2 aromatic carbocycles. The van der Waals surface area contributed by atoms with E-state index in [1.807, 2.05) is 30.3 Å². The van der Waals surface area contributed by atoms with E-state index in [2.05, 4.69) is 34.6 Å². The van der Waals surface area contributed by atoms with Crippen molar-refractivity contribution in [2.45, 2.75) is 4.90 Å². The van der Waals surface area contributed by atoms with Crippen LogP contribution in [0.2, 0.25) is 0 Å². The number of aromatic nitrogens is 1. The third-order valence-electron chi connectivity index (χ3n) is 4.10. The topological polar surface area (TPSA) is 58.0 Å². The van der Waals surface area contributed by atoms with Gasteiger partial charge in [-0.25, -0.2) is 0 Å². The number of furan rings is 1. The Bertz CT molecular complexity index is 1010. The largest absolute Gasteiger partial charge is 0.459 e. The third kappa shape index (κ3) is 3.39. The van der Waals surface area contributed by atoms with Gasteiger partial charge in [0.2, 0.25) is 0 Å². The zero-order chi connectivity index (χ0) is 17.8. The molecule has 2 aromatic heterocycles. The van der Waals surface area contributed by atoms with Crippen LogP contribution in [0.5, 0.6) is 0 Å². The molecule has 0 aliphatic heterocycles. The standard InChI is InChI=1S/C21H18N2O2S/c24-21(18-11-6-13-25-18)22-12-14-26-20-16-9-4-5-10-17(16)23-19(20)15-7-2-1-3-8-15/h1-11,13,23H,12,14H2,(H,22,24). The SMILES string of the molecule is O=C(NCCSc1c(-c2ccccc2)[nH]c2ccccc12)c1ccco1.